The zero-order valence-corrected chi connectivity index (χ0v) is 12.6. The zero-order valence-electron chi connectivity index (χ0n) is 12.6. The lowest BCUT2D eigenvalue weighted by Gasteiger charge is -2.16. The highest BCUT2D eigenvalue weighted by Crippen LogP contribution is 2.22. The van der Waals surface area contributed by atoms with Crippen molar-refractivity contribution in [2.75, 3.05) is 20.0 Å². The van der Waals surface area contributed by atoms with Crippen LogP contribution in [0.1, 0.15) is 36.5 Å². The quantitative estimate of drug-likeness (QED) is 0.590. The van der Waals surface area contributed by atoms with Gasteiger partial charge in [0.15, 0.2) is 0 Å². The molecule has 0 aliphatic rings. The monoisotopic (exact) mass is 294 g/mol. The van der Waals surface area contributed by atoms with E-state index in [1.54, 1.807) is 18.2 Å². The molecule has 116 valence electrons. The van der Waals surface area contributed by atoms with Crippen LogP contribution in [0.3, 0.4) is 0 Å². The molecule has 3 N–H and O–H groups in total. The second-order valence-corrected chi connectivity index (χ2v) is 4.65. The lowest BCUT2D eigenvalue weighted by molar-refractivity contribution is -0.143. The Morgan fingerprint density at radius 3 is 2.62 bits per heavy atom. The molecule has 6 heteroatoms. The minimum atomic E-state index is -0.647. The van der Waals surface area contributed by atoms with Crippen LogP contribution in [0.15, 0.2) is 18.2 Å². The molecule has 0 saturated heterocycles. The van der Waals surface area contributed by atoms with Gasteiger partial charge in [0.25, 0.3) is 5.91 Å². The number of carbonyl (C=O) groups excluding carboxylic acids is 2. The number of unbranched alkanes of at least 4 members (excludes halogenated alkanes) is 1. The van der Waals surface area contributed by atoms with E-state index in [1.165, 1.54) is 14.2 Å². The molecule has 1 atom stereocenters. The predicted molar refractivity (Wildman–Crippen MR) is 80.2 cm³/mol. The summed E-state index contributed by atoms with van der Waals surface area (Å²) in [6.45, 7) is 2.01. The fraction of sp³-hybridized carbons (Fsp3) is 0.467. The molecule has 0 aliphatic carbocycles. The highest BCUT2D eigenvalue weighted by atomic mass is 16.5. The summed E-state index contributed by atoms with van der Waals surface area (Å²) in [5, 5.41) is 2.68. The summed E-state index contributed by atoms with van der Waals surface area (Å²) in [6, 6.07) is 4.07. The highest BCUT2D eigenvalue weighted by molar-refractivity contribution is 5.97. The molecular formula is C15H22N2O4. The molecule has 0 radical (unpaired) electrons. The van der Waals surface area contributed by atoms with Crippen molar-refractivity contribution in [3.8, 4) is 5.75 Å². The van der Waals surface area contributed by atoms with Crippen molar-refractivity contribution in [1.82, 2.24) is 5.32 Å². The van der Waals surface area contributed by atoms with Gasteiger partial charge >= 0.3 is 5.97 Å². The van der Waals surface area contributed by atoms with Crippen LogP contribution < -0.4 is 15.8 Å². The van der Waals surface area contributed by atoms with Gasteiger partial charge in [0.05, 0.1) is 19.9 Å². The third-order valence-electron chi connectivity index (χ3n) is 3.13. The number of ether oxygens (including phenoxy) is 2. The first-order valence-electron chi connectivity index (χ1n) is 6.85. The highest BCUT2D eigenvalue weighted by Gasteiger charge is 2.21. The van der Waals surface area contributed by atoms with Crippen molar-refractivity contribution in [2.45, 2.75) is 32.2 Å². The SMILES string of the molecule is CCCCC(NC(=O)c1ccc(N)c(OC)c1)C(=O)OC. The molecule has 1 aromatic carbocycles. The van der Waals surface area contributed by atoms with E-state index in [2.05, 4.69) is 5.32 Å². The molecule has 1 amide bonds. The van der Waals surface area contributed by atoms with E-state index in [0.717, 1.165) is 12.8 Å². The lowest BCUT2D eigenvalue weighted by atomic mass is 10.1. The number of amides is 1. The van der Waals surface area contributed by atoms with Gasteiger partial charge in [-0.2, -0.15) is 0 Å². The standard InChI is InChI=1S/C15H22N2O4/c1-4-5-6-12(15(19)21-3)17-14(18)10-7-8-11(16)13(9-10)20-2/h7-9,12H,4-6,16H2,1-3H3,(H,17,18). The summed E-state index contributed by atoms with van der Waals surface area (Å²) in [4.78, 5) is 23.9. The third kappa shape index (κ3) is 4.66. The van der Waals surface area contributed by atoms with E-state index in [0.29, 0.717) is 23.4 Å². The lowest BCUT2D eigenvalue weighted by Crippen LogP contribution is -2.41. The molecule has 1 rings (SSSR count). The molecule has 21 heavy (non-hydrogen) atoms. The van der Waals surface area contributed by atoms with Crippen LogP contribution in [0.4, 0.5) is 5.69 Å². The van der Waals surface area contributed by atoms with Gasteiger partial charge in [-0.15, -0.1) is 0 Å². The Bertz CT molecular complexity index is 502. The molecule has 6 nitrogen and oxygen atoms in total. The third-order valence-corrected chi connectivity index (χ3v) is 3.13. The molecule has 0 spiro atoms. The predicted octanol–water partition coefficient (Wildman–Crippen LogP) is 1.74. The van der Waals surface area contributed by atoms with Gasteiger partial charge in [0.2, 0.25) is 0 Å². The van der Waals surface area contributed by atoms with Crippen LogP contribution in [0, 0.1) is 0 Å². The molecule has 0 saturated carbocycles. The van der Waals surface area contributed by atoms with Crippen molar-refractivity contribution < 1.29 is 19.1 Å². The topological polar surface area (TPSA) is 90.7 Å². The molecule has 1 aromatic rings. The zero-order chi connectivity index (χ0) is 15.8. The second kappa shape index (κ2) is 8.14. The summed E-state index contributed by atoms with van der Waals surface area (Å²) in [7, 11) is 2.78. The first kappa shape index (κ1) is 16.8. The summed E-state index contributed by atoms with van der Waals surface area (Å²) in [5.41, 5.74) is 6.54. The van der Waals surface area contributed by atoms with Gasteiger partial charge < -0.3 is 20.5 Å². The van der Waals surface area contributed by atoms with Gasteiger partial charge in [-0.1, -0.05) is 19.8 Å². The first-order valence-corrected chi connectivity index (χ1v) is 6.85. The van der Waals surface area contributed by atoms with E-state index in [9.17, 15) is 9.59 Å². The summed E-state index contributed by atoms with van der Waals surface area (Å²) in [6.07, 6.45) is 2.30. The van der Waals surface area contributed by atoms with Crippen molar-refractivity contribution in [3.05, 3.63) is 23.8 Å². The average molecular weight is 294 g/mol. The fourth-order valence-corrected chi connectivity index (χ4v) is 1.89. The Balaban J connectivity index is 2.83. The first-order chi connectivity index (χ1) is 10.0. The number of benzene rings is 1. The summed E-state index contributed by atoms with van der Waals surface area (Å²) >= 11 is 0. The van der Waals surface area contributed by atoms with Crippen LogP contribution in [0.2, 0.25) is 0 Å². The number of nitrogens with two attached hydrogens (primary N) is 1. The Labute approximate surface area is 124 Å². The van der Waals surface area contributed by atoms with Gasteiger partial charge in [-0.05, 0) is 24.6 Å². The van der Waals surface area contributed by atoms with Crippen LogP contribution in [0.25, 0.3) is 0 Å². The maximum Gasteiger partial charge on any atom is 0.328 e. The largest absolute Gasteiger partial charge is 0.495 e. The minimum Gasteiger partial charge on any atom is -0.495 e. The van der Waals surface area contributed by atoms with E-state index < -0.39 is 12.0 Å². The number of hydrogen-bond acceptors (Lipinski definition) is 5. The number of esters is 1. The second-order valence-electron chi connectivity index (χ2n) is 4.65. The number of carbonyl (C=O) groups is 2. The van der Waals surface area contributed by atoms with Crippen LogP contribution in [-0.2, 0) is 9.53 Å². The Morgan fingerprint density at radius 2 is 2.05 bits per heavy atom. The normalized spacial score (nSPS) is 11.6. The number of nitrogen functional groups attached to an aromatic ring is 1. The number of nitrogens with one attached hydrogen (secondary N) is 1. The number of rotatable bonds is 7. The fourth-order valence-electron chi connectivity index (χ4n) is 1.89. The smallest absolute Gasteiger partial charge is 0.328 e. The van der Waals surface area contributed by atoms with E-state index in [4.69, 9.17) is 15.2 Å². The number of anilines is 1. The van der Waals surface area contributed by atoms with E-state index in [-0.39, 0.29) is 5.91 Å². The Kier molecular flexibility index (Phi) is 6.52. The molecule has 0 heterocycles. The molecule has 1 unspecified atom stereocenters. The van der Waals surface area contributed by atoms with Crippen LogP contribution in [-0.4, -0.2) is 32.1 Å². The van der Waals surface area contributed by atoms with Crippen molar-refractivity contribution in [1.29, 1.82) is 0 Å². The minimum absolute atomic E-state index is 0.361. The maximum absolute atomic E-state index is 12.2. The van der Waals surface area contributed by atoms with Gasteiger partial charge in [0.1, 0.15) is 11.8 Å². The van der Waals surface area contributed by atoms with Crippen LogP contribution >= 0.6 is 0 Å². The van der Waals surface area contributed by atoms with Crippen molar-refractivity contribution in [3.63, 3.8) is 0 Å². The Morgan fingerprint density at radius 1 is 1.33 bits per heavy atom. The van der Waals surface area contributed by atoms with E-state index >= 15 is 0 Å². The van der Waals surface area contributed by atoms with Gasteiger partial charge in [-0.3, -0.25) is 4.79 Å². The summed E-state index contributed by atoms with van der Waals surface area (Å²) in [5.74, 6) is -0.384. The molecular weight excluding hydrogens is 272 g/mol. The maximum atomic E-state index is 12.2. The van der Waals surface area contributed by atoms with Gasteiger partial charge in [-0.25, -0.2) is 4.79 Å². The molecule has 0 fully saturated rings. The van der Waals surface area contributed by atoms with Crippen molar-refractivity contribution in [2.24, 2.45) is 0 Å². The van der Waals surface area contributed by atoms with Gasteiger partial charge in [0, 0.05) is 5.56 Å². The van der Waals surface area contributed by atoms with E-state index in [1.807, 2.05) is 6.92 Å². The molecule has 0 aromatic heterocycles. The molecule has 0 bridgehead atoms. The molecule has 0 aliphatic heterocycles. The summed E-state index contributed by atoms with van der Waals surface area (Å²) < 4.78 is 9.79. The number of hydrogen-bond donors (Lipinski definition) is 2. The number of methoxy groups -OCH3 is 2. The van der Waals surface area contributed by atoms with Crippen molar-refractivity contribution >= 4 is 17.6 Å². The van der Waals surface area contributed by atoms with Crippen LogP contribution in [0.5, 0.6) is 5.75 Å². The average Bonchev–Trinajstić information content (AvgIpc) is 2.50. The Hall–Kier alpha value is -2.24.